The summed E-state index contributed by atoms with van der Waals surface area (Å²) in [6, 6.07) is 0. The van der Waals surface area contributed by atoms with Crippen LogP contribution in [0, 0.1) is 5.92 Å². The van der Waals surface area contributed by atoms with E-state index in [0.717, 1.165) is 19.8 Å². The first-order valence-corrected chi connectivity index (χ1v) is 8.75. The quantitative estimate of drug-likeness (QED) is 0.293. The Balaban J connectivity index is -0.000000867. The van der Waals surface area contributed by atoms with E-state index in [4.69, 9.17) is 21.4 Å². The third kappa shape index (κ3) is 27.3. The second-order valence-corrected chi connectivity index (χ2v) is 5.89. The van der Waals surface area contributed by atoms with Gasteiger partial charge in [-0.25, -0.2) is 0 Å². The Labute approximate surface area is 151 Å². The van der Waals surface area contributed by atoms with Crippen LogP contribution in [0.2, 0.25) is 0 Å². The molecule has 148 valence electrons. The van der Waals surface area contributed by atoms with Crippen LogP contribution in [-0.2, 0) is 14.4 Å². The number of carboxylic acids is 1. The lowest BCUT2D eigenvalue weighted by Gasteiger charge is -2.05. The number of rotatable bonds is 13. The highest BCUT2D eigenvalue weighted by atomic mass is 16.4. The lowest BCUT2D eigenvalue weighted by molar-refractivity contribution is -0.134. The Morgan fingerprint density at radius 2 is 1.40 bits per heavy atom. The first-order chi connectivity index (χ1) is 11.3. The highest BCUT2D eigenvalue weighted by Gasteiger charge is 2.13. The normalized spacial score (nSPS) is 11.1. The van der Waals surface area contributed by atoms with Gasteiger partial charge < -0.3 is 22.7 Å². The summed E-state index contributed by atoms with van der Waals surface area (Å²) in [5, 5.41) is 7.42. The van der Waals surface area contributed by atoms with Gasteiger partial charge in [-0.15, -0.1) is 0 Å². The van der Waals surface area contributed by atoms with Crippen LogP contribution in [0.5, 0.6) is 0 Å². The number of aliphatic carboxylic acids is 1. The van der Waals surface area contributed by atoms with Gasteiger partial charge in [0.25, 0.3) is 5.97 Å². The molecule has 0 bridgehead atoms. The van der Waals surface area contributed by atoms with Crippen LogP contribution in [0.25, 0.3) is 0 Å². The van der Waals surface area contributed by atoms with Crippen molar-refractivity contribution in [1.29, 1.82) is 0 Å². The highest BCUT2D eigenvalue weighted by Crippen LogP contribution is 2.11. The zero-order valence-corrected chi connectivity index (χ0v) is 15.8. The van der Waals surface area contributed by atoms with Crippen molar-refractivity contribution in [2.45, 2.75) is 78.1 Å². The van der Waals surface area contributed by atoms with Crippen LogP contribution < -0.4 is 17.6 Å². The number of nitrogens with two attached hydrogens (primary N) is 2. The van der Waals surface area contributed by atoms with Crippen LogP contribution in [0.1, 0.15) is 78.1 Å². The highest BCUT2D eigenvalue weighted by molar-refractivity contribution is 5.85. The molecule has 7 nitrogen and oxygen atoms in total. The summed E-state index contributed by atoms with van der Waals surface area (Å²) in [5.74, 6) is -2.37. The third-order valence-corrected chi connectivity index (χ3v) is 3.38. The molecule has 25 heavy (non-hydrogen) atoms. The molecule has 2 amide bonds. The number of amides is 2. The lowest BCUT2D eigenvalue weighted by atomic mass is 10.0. The number of hydrogen-bond acceptors (Lipinski definition) is 4. The number of primary amides is 2. The molecule has 1 unspecified atom stereocenters. The Hall–Kier alpha value is -1.89. The number of carbonyl (C=O) groups is 3. The zero-order valence-electron chi connectivity index (χ0n) is 15.8. The number of allylic oxidation sites excluding steroid dienone is 1. The average molecular weight is 360 g/mol. The minimum atomic E-state index is -0.833. The standard InChI is InChI=1S/C16H30N2O2.C2H4O2.H3N/c1-2-3-4-5-6-7-8-9-10-11-12-14(16(18)20)13-15(17)19;1-2(3)4;/h11-12,14H,2-10,13H2,1H3,(H2,17,19)(H2,18,20);1H3,(H,3,4);1H3. The van der Waals surface area contributed by atoms with Crippen molar-refractivity contribution >= 4 is 17.8 Å². The van der Waals surface area contributed by atoms with Gasteiger partial charge in [0.2, 0.25) is 11.8 Å². The molecule has 0 aliphatic carbocycles. The molecule has 0 spiro atoms. The van der Waals surface area contributed by atoms with Gasteiger partial charge in [0.1, 0.15) is 0 Å². The van der Waals surface area contributed by atoms with Crippen LogP contribution >= 0.6 is 0 Å². The molecular weight excluding hydrogens is 322 g/mol. The average Bonchev–Trinajstić information content (AvgIpc) is 2.46. The molecular formula is C18H37N3O4. The van der Waals surface area contributed by atoms with E-state index in [0.29, 0.717) is 0 Å². The topological polar surface area (TPSA) is 158 Å². The molecule has 0 saturated carbocycles. The van der Waals surface area contributed by atoms with Gasteiger partial charge in [0.15, 0.2) is 0 Å². The molecule has 0 fully saturated rings. The molecule has 8 N–H and O–H groups in total. The molecule has 0 aliphatic rings. The summed E-state index contributed by atoms with van der Waals surface area (Å²) in [7, 11) is 0. The van der Waals surface area contributed by atoms with Gasteiger partial charge in [0.05, 0.1) is 5.92 Å². The van der Waals surface area contributed by atoms with E-state index in [1.807, 2.05) is 6.08 Å². The van der Waals surface area contributed by atoms with Crippen molar-refractivity contribution in [3.8, 4) is 0 Å². The van der Waals surface area contributed by atoms with Crippen molar-refractivity contribution < 1.29 is 19.5 Å². The SMILES string of the molecule is CC(=O)O.CCCCCCCCCCC=CC(CC(N)=O)C(N)=O.N. The van der Waals surface area contributed by atoms with E-state index in [-0.39, 0.29) is 12.6 Å². The molecule has 0 rings (SSSR count). The molecule has 0 aromatic rings. The molecule has 0 aromatic carbocycles. The van der Waals surface area contributed by atoms with Gasteiger partial charge in [-0.05, 0) is 12.8 Å². The summed E-state index contributed by atoms with van der Waals surface area (Å²) >= 11 is 0. The predicted octanol–water partition coefficient (Wildman–Crippen LogP) is 3.30. The van der Waals surface area contributed by atoms with E-state index in [1.54, 1.807) is 6.08 Å². The van der Waals surface area contributed by atoms with E-state index >= 15 is 0 Å². The maximum Gasteiger partial charge on any atom is 0.300 e. The fraction of sp³-hybridized carbons (Fsp3) is 0.722. The van der Waals surface area contributed by atoms with Gasteiger partial charge in [-0.1, -0.05) is 64.0 Å². The van der Waals surface area contributed by atoms with E-state index in [2.05, 4.69) is 6.92 Å². The summed E-state index contributed by atoms with van der Waals surface area (Å²) in [4.78, 5) is 30.9. The molecule has 0 radical (unpaired) electrons. The molecule has 0 aromatic heterocycles. The monoisotopic (exact) mass is 359 g/mol. The van der Waals surface area contributed by atoms with E-state index in [1.165, 1.54) is 44.9 Å². The minimum absolute atomic E-state index is 0. The maximum absolute atomic E-state index is 11.1. The molecule has 1 atom stereocenters. The van der Waals surface area contributed by atoms with Crippen molar-refractivity contribution in [2.75, 3.05) is 0 Å². The largest absolute Gasteiger partial charge is 0.481 e. The third-order valence-electron chi connectivity index (χ3n) is 3.38. The van der Waals surface area contributed by atoms with Crippen LogP contribution in [0.15, 0.2) is 12.2 Å². The number of hydrogen-bond donors (Lipinski definition) is 4. The van der Waals surface area contributed by atoms with Gasteiger partial charge in [0, 0.05) is 13.3 Å². The van der Waals surface area contributed by atoms with E-state index in [9.17, 15) is 9.59 Å². The second kappa shape index (κ2) is 20.2. The van der Waals surface area contributed by atoms with Crippen molar-refractivity contribution in [1.82, 2.24) is 6.15 Å². The summed E-state index contributed by atoms with van der Waals surface area (Å²) in [6.07, 6.45) is 14.8. The molecule has 0 aliphatic heterocycles. The van der Waals surface area contributed by atoms with E-state index < -0.39 is 23.7 Å². The number of unbranched alkanes of at least 4 members (excludes halogenated alkanes) is 8. The fourth-order valence-corrected chi connectivity index (χ4v) is 2.14. The molecule has 0 saturated heterocycles. The zero-order chi connectivity index (χ0) is 18.8. The number of carboxylic acid groups (broad SMARTS) is 1. The predicted molar refractivity (Wildman–Crippen MR) is 101 cm³/mol. The second-order valence-electron chi connectivity index (χ2n) is 5.89. The van der Waals surface area contributed by atoms with Crippen LogP contribution in [0.4, 0.5) is 0 Å². The Bertz CT molecular complexity index is 381. The van der Waals surface area contributed by atoms with Crippen molar-refractivity contribution in [2.24, 2.45) is 17.4 Å². The smallest absolute Gasteiger partial charge is 0.300 e. The minimum Gasteiger partial charge on any atom is -0.481 e. The lowest BCUT2D eigenvalue weighted by Crippen LogP contribution is -2.26. The summed E-state index contributed by atoms with van der Waals surface area (Å²) < 4.78 is 0. The molecule has 7 heteroatoms. The fourth-order valence-electron chi connectivity index (χ4n) is 2.14. The first kappa shape index (κ1) is 27.9. The van der Waals surface area contributed by atoms with Gasteiger partial charge >= 0.3 is 0 Å². The Morgan fingerprint density at radius 1 is 0.960 bits per heavy atom. The van der Waals surface area contributed by atoms with Crippen molar-refractivity contribution in [3.63, 3.8) is 0 Å². The molecule has 0 heterocycles. The summed E-state index contributed by atoms with van der Waals surface area (Å²) in [5.41, 5.74) is 10.3. The van der Waals surface area contributed by atoms with Crippen LogP contribution in [-0.4, -0.2) is 22.9 Å². The summed E-state index contributed by atoms with van der Waals surface area (Å²) in [6.45, 7) is 3.31. The van der Waals surface area contributed by atoms with Crippen molar-refractivity contribution in [3.05, 3.63) is 12.2 Å². The van der Waals surface area contributed by atoms with Gasteiger partial charge in [-0.2, -0.15) is 0 Å². The first-order valence-electron chi connectivity index (χ1n) is 8.75. The Kier molecular flexibility index (Phi) is 22.5. The van der Waals surface area contributed by atoms with Gasteiger partial charge in [-0.3, -0.25) is 14.4 Å². The Morgan fingerprint density at radius 3 is 1.80 bits per heavy atom. The van der Waals surface area contributed by atoms with Crippen LogP contribution in [0.3, 0.4) is 0 Å². The maximum atomic E-state index is 11.1. The number of carbonyl (C=O) groups excluding carboxylic acids is 2.